The van der Waals surface area contributed by atoms with Crippen LogP contribution in [0.25, 0.3) is 54.9 Å². The van der Waals surface area contributed by atoms with Crippen LogP contribution in [-0.2, 0) is 10.8 Å². The Morgan fingerprint density at radius 2 is 0.648 bits per heavy atom. The molecule has 1 heteroatoms. The number of anilines is 3. The van der Waals surface area contributed by atoms with Crippen molar-refractivity contribution in [3.8, 4) is 33.4 Å². The molecule has 0 aromatic heterocycles. The third-order valence-electron chi connectivity index (χ3n) is 15.5. The molecule has 0 aliphatic heterocycles. The molecule has 0 N–H and O–H groups in total. The van der Waals surface area contributed by atoms with E-state index >= 15 is 0 Å². The Balaban J connectivity index is 1.04. The maximum absolute atomic E-state index is 8.17. The summed E-state index contributed by atoms with van der Waals surface area (Å²) in [5.74, 6) is 0. The van der Waals surface area contributed by atoms with Crippen LogP contribution >= 0.6 is 0 Å². The molecule has 2 unspecified atom stereocenters. The van der Waals surface area contributed by atoms with Crippen molar-refractivity contribution >= 4 is 38.6 Å². The monoisotopic (exact) mass is 902 g/mol. The molecule has 0 bridgehead atoms. The first kappa shape index (κ1) is 39.9. The van der Waals surface area contributed by atoms with Crippen molar-refractivity contribution in [2.24, 2.45) is 0 Å². The molecule has 1 nitrogen and oxygen atoms in total. The summed E-state index contributed by atoms with van der Waals surface area (Å²) in [6, 6.07) is 103. The lowest BCUT2D eigenvalue weighted by Gasteiger charge is -2.36. The zero-order chi connectivity index (χ0) is 47.8. The molecule has 2 aliphatic rings. The normalized spacial score (nSPS) is 16.5. The molecule has 0 spiro atoms. The van der Waals surface area contributed by atoms with Gasteiger partial charge in [0.15, 0.2) is 0 Å². The molecular weight excluding hydrogens is 855 g/mol. The maximum atomic E-state index is 8.17. The fraction of sp³-hybridized carbons (Fsp3) is 0.0286. The molecule has 14 rings (SSSR count). The van der Waals surface area contributed by atoms with Crippen LogP contribution in [0.2, 0.25) is 0 Å². The highest BCUT2D eigenvalue weighted by molar-refractivity contribution is 5.94. The van der Waals surface area contributed by atoms with Crippen LogP contribution in [0.5, 0.6) is 0 Å². The van der Waals surface area contributed by atoms with Gasteiger partial charge in [-0.05, 0) is 148 Å². The van der Waals surface area contributed by atoms with Crippen molar-refractivity contribution in [3.63, 3.8) is 0 Å². The topological polar surface area (TPSA) is 3.24 Å². The number of nitrogens with zero attached hydrogens (tertiary/aromatic N) is 1. The Hall–Kier alpha value is -9.04. The van der Waals surface area contributed by atoms with Gasteiger partial charge in [-0.1, -0.05) is 237 Å². The Kier molecular flexibility index (Phi) is 9.16. The molecule has 12 aromatic rings. The van der Waals surface area contributed by atoms with Gasteiger partial charge in [0, 0.05) is 17.1 Å². The zero-order valence-electron chi connectivity index (χ0n) is 40.0. The van der Waals surface area contributed by atoms with E-state index in [2.05, 4.69) is 260 Å². The summed E-state index contributed by atoms with van der Waals surface area (Å²) in [6.45, 7) is 0. The van der Waals surface area contributed by atoms with E-state index in [9.17, 15) is 0 Å². The molecule has 0 saturated carbocycles. The van der Waals surface area contributed by atoms with E-state index in [1.54, 1.807) is 0 Å². The average Bonchev–Trinajstić information content (AvgIpc) is 3.91. The molecular formula is C70H47N. The Labute approximate surface area is 416 Å². The molecule has 0 radical (unpaired) electrons. The van der Waals surface area contributed by atoms with Gasteiger partial charge in [0.05, 0.1) is 12.2 Å². The molecule has 332 valence electrons. The van der Waals surface area contributed by atoms with Gasteiger partial charge in [0.25, 0.3) is 0 Å². The Bertz CT molecular complexity index is 3830. The summed E-state index contributed by atoms with van der Waals surface area (Å²) >= 11 is 0. The first-order valence-corrected chi connectivity index (χ1v) is 24.6. The smallest absolute Gasteiger partial charge is 0.0714 e. The van der Waals surface area contributed by atoms with Gasteiger partial charge in [0.1, 0.15) is 0 Å². The summed E-state index contributed by atoms with van der Waals surface area (Å²) in [5.41, 5.74) is 19.2. The molecule has 0 heterocycles. The van der Waals surface area contributed by atoms with Crippen molar-refractivity contribution in [1.29, 1.82) is 0 Å². The van der Waals surface area contributed by atoms with Crippen LogP contribution in [0.15, 0.2) is 285 Å². The molecule has 2 aliphatic carbocycles. The van der Waals surface area contributed by atoms with E-state index in [-0.39, 0.29) is 0 Å². The predicted octanol–water partition coefficient (Wildman–Crippen LogP) is 17.9. The van der Waals surface area contributed by atoms with Crippen LogP contribution in [0, 0.1) is 0 Å². The minimum atomic E-state index is -0.606. The van der Waals surface area contributed by atoms with Gasteiger partial charge in [-0.25, -0.2) is 0 Å². The van der Waals surface area contributed by atoms with Gasteiger partial charge in [-0.3, -0.25) is 0 Å². The molecule has 2 atom stereocenters. The third kappa shape index (κ3) is 6.19. The highest BCUT2D eigenvalue weighted by Crippen LogP contribution is 2.60. The second kappa shape index (κ2) is 16.3. The van der Waals surface area contributed by atoms with Crippen molar-refractivity contribution in [3.05, 3.63) is 330 Å². The fourth-order valence-electron chi connectivity index (χ4n) is 12.4. The highest BCUT2D eigenvalue weighted by atomic mass is 15.1. The number of fused-ring (bicyclic) bond motifs is 8. The SMILES string of the molecule is [2H]c1ccc(-c2ccc(N(c3ccc4c(c3)C(c3ccccc3)(c3ccc5ccccc5c3)c3ccccc3-4)c3ccc4c(c3)C(c3ccccc3)(c3ccc5ccccc5c3)c3ccccc3-4)cc2)cc1. The molecule has 0 amide bonds. The maximum Gasteiger partial charge on any atom is 0.0714 e. The third-order valence-corrected chi connectivity index (χ3v) is 15.5. The minimum Gasteiger partial charge on any atom is -0.310 e. The lowest BCUT2D eigenvalue weighted by Crippen LogP contribution is -2.29. The number of benzene rings is 12. The van der Waals surface area contributed by atoms with Gasteiger partial charge in [-0.2, -0.15) is 0 Å². The minimum absolute atomic E-state index is 0.504. The summed E-state index contributed by atoms with van der Waals surface area (Å²) in [5, 5.41) is 4.89. The van der Waals surface area contributed by atoms with Crippen LogP contribution in [0.4, 0.5) is 17.1 Å². The molecule has 0 fully saturated rings. The lowest BCUT2D eigenvalue weighted by atomic mass is 9.67. The van der Waals surface area contributed by atoms with Gasteiger partial charge in [-0.15, -0.1) is 0 Å². The predicted molar refractivity (Wildman–Crippen MR) is 296 cm³/mol. The number of hydrogen-bond acceptors (Lipinski definition) is 1. The quantitative estimate of drug-likeness (QED) is 0.147. The average molecular weight is 903 g/mol. The van der Waals surface area contributed by atoms with Crippen molar-refractivity contribution in [1.82, 2.24) is 0 Å². The van der Waals surface area contributed by atoms with Crippen LogP contribution in [-0.4, -0.2) is 0 Å². The van der Waals surface area contributed by atoms with E-state index in [0.717, 1.165) is 28.2 Å². The van der Waals surface area contributed by atoms with Gasteiger partial charge in [0.2, 0.25) is 0 Å². The lowest BCUT2D eigenvalue weighted by molar-refractivity contribution is 0.769. The van der Waals surface area contributed by atoms with Crippen molar-refractivity contribution in [2.75, 3.05) is 4.90 Å². The molecule has 71 heavy (non-hydrogen) atoms. The summed E-state index contributed by atoms with van der Waals surface area (Å²) in [6.07, 6.45) is 0. The Morgan fingerprint density at radius 3 is 1.14 bits per heavy atom. The van der Waals surface area contributed by atoms with E-state index in [1.165, 1.54) is 88.3 Å². The van der Waals surface area contributed by atoms with E-state index in [0.29, 0.717) is 6.04 Å². The summed E-state index contributed by atoms with van der Waals surface area (Å²) < 4.78 is 8.17. The molecule has 0 saturated heterocycles. The van der Waals surface area contributed by atoms with Gasteiger partial charge < -0.3 is 4.90 Å². The largest absolute Gasteiger partial charge is 0.310 e. The second-order valence-corrected chi connectivity index (χ2v) is 19.1. The highest BCUT2D eigenvalue weighted by Gasteiger charge is 2.48. The number of rotatable bonds is 8. The first-order valence-electron chi connectivity index (χ1n) is 25.1. The molecule has 12 aromatic carbocycles. The fourth-order valence-corrected chi connectivity index (χ4v) is 12.4. The summed E-state index contributed by atoms with van der Waals surface area (Å²) in [4.78, 5) is 2.47. The van der Waals surface area contributed by atoms with Gasteiger partial charge >= 0.3 is 0 Å². The van der Waals surface area contributed by atoms with Crippen LogP contribution in [0.3, 0.4) is 0 Å². The summed E-state index contributed by atoms with van der Waals surface area (Å²) in [7, 11) is 0. The van der Waals surface area contributed by atoms with E-state index < -0.39 is 10.8 Å². The van der Waals surface area contributed by atoms with Crippen molar-refractivity contribution in [2.45, 2.75) is 10.8 Å². The van der Waals surface area contributed by atoms with Crippen LogP contribution < -0.4 is 4.90 Å². The van der Waals surface area contributed by atoms with E-state index in [1.807, 2.05) is 24.3 Å². The van der Waals surface area contributed by atoms with Crippen molar-refractivity contribution < 1.29 is 1.37 Å². The number of hydrogen-bond donors (Lipinski definition) is 0. The Morgan fingerprint density at radius 1 is 0.254 bits per heavy atom. The zero-order valence-corrected chi connectivity index (χ0v) is 39.0. The second-order valence-electron chi connectivity index (χ2n) is 19.1. The first-order chi connectivity index (χ1) is 35.6. The van der Waals surface area contributed by atoms with Crippen LogP contribution in [0.1, 0.15) is 45.9 Å². The standard InChI is InChI=1S/C70H47N/c1-4-18-48(19-5-1)51-34-38-58(39-35-51)71(59-40-42-63-61-28-14-16-30-65(61)69(67(63)46-59,54-24-6-2-7-25-54)56-36-32-49-20-10-12-22-52(49)44-56)60-41-43-64-62-29-15-17-31-66(62)70(68(64)47-60,55-26-8-3-9-27-55)57-37-33-50-21-11-13-23-53(50)45-57/h1-47H/i1D. The van der Waals surface area contributed by atoms with E-state index in [4.69, 9.17) is 1.37 Å².